The van der Waals surface area contributed by atoms with E-state index in [1.165, 1.54) is 12.1 Å². The van der Waals surface area contributed by atoms with Crippen LogP contribution in [-0.4, -0.2) is 17.0 Å². The summed E-state index contributed by atoms with van der Waals surface area (Å²) in [4.78, 5) is 11.5. The molecular weight excluding hydrogens is 232 g/mol. The monoisotopic (exact) mass is 238 g/mol. The third-order valence-corrected chi connectivity index (χ3v) is 2.11. The minimum absolute atomic E-state index is 0.0492. The maximum atomic E-state index is 11.5. The number of rotatable bonds is 1. The molecule has 16 heavy (non-hydrogen) atoms. The molecule has 0 aromatic heterocycles. The van der Waals surface area contributed by atoms with Crippen LogP contribution >= 0.6 is 11.6 Å². The van der Waals surface area contributed by atoms with Crippen molar-refractivity contribution in [1.29, 1.82) is 10.7 Å². The van der Waals surface area contributed by atoms with Gasteiger partial charge in [-0.15, -0.1) is 0 Å². The lowest BCUT2D eigenvalue weighted by Crippen LogP contribution is -2.35. The number of carbonyl (C=O) groups is 1. The molecule has 7 heteroatoms. The van der Waals surface area contributed by atoms with Crippen molar-refractivity contribution in [1.82, 2.24) is 5.32 Å². The van der Waals surface area contributed by atoms with Crippen LogP contribution in [0.5, 0.6) is 5.75 Å². The zero-order chi connectivity index (χ0) is 12.3. The molecule has 0 aliphatic carbocycles. The summed E-state index contributed by atoms with van der Waals surface area (Å²) in [7, 11) is 0. The van der Waals surface area contributed by atoms with E-state index in [-0.39, 0.29) is 21.9 Å². The molecule has 0 saturated heterocycles. The van der Waals surface area contributed by atoms with Gasteiger partial charge in [0, 0.05) is 0 Å². The molecule has 1 aromatic carbocycles. The van der Waals surface area contributed by atoms with E-state index in [4.69, 9.17) is 28.0 Å². The van der Waals surface area contributed by atoms with E-state index in [9.17, 15) is 9.90 Å². The summed E-state index contributed by atoms with van der Waals surface area (Å²) in [5.41, 5.74) is 4.73. The Kier molecular flexibility index (Phi) is 3.33. The highest BCUT2D eigenvalue weighted by molar-refractivity contribution is 6.35. The van der Waals surface area contributed by atoms with Crippen molar-refractivity contribution in [3.05, 3.63) is 28.3 Å². The van der Waals surface area contributed by atoms with E-state index in [0.29, 0.717) is 0 Å². The Balaban J connectivity index is 3.28. The minimum Gasteiger partial charge on any atom is -0.507 e. The van der Waals surface area contributed by atoms with Crippen molar-refractivity contribution in [2.75, 3.05) is 0 Å². The maximum absolute atomic E-state index is 11.5. The molecule has 0 aliphatic rings. The summed E-state index contributed by atoms with van der Waals surface area (Å²) in [5, 5.41) is 26.8. The van der Waals surface area contributed by atoms with Crippen molar-refractivity contribution < 1.29 is 9.90 Å². The van der Waals surface area contributed by atoms with Gasteiger partial charge < -0.3 is 10.8 Å². The first-order chi connectivity index (χ1) is 7.47. The normalized spacial score (nSPS) is 9.25. The molecule has 0 aliphatic heterocycles. The molecule has 0 heterocycles. The number of carbonyl (C=O) groups excluding carboxylic acids is 1. The zero-order valence-electron chi connectivity index (χ0n) is 7.91. The Labute approximate surface area is 95.8 Å². The highest BCUT2D eigenvalue weighted by Gasteiger charge is 2.18. The molecule has 0 bridgehead atoms. The maximum Gasteiger partial charge on any atom is 0.263 e. The molecule has 1 aromatic rings. The molecule has 0 saturated carbocycles. The minimum atomic E-state index is -0.841. The van der Waals surface area contributed by atoms with Gasteiger partial charge in [-0.05, 0) is 12.1 Å². The fourth-order valence-electron chi connectivity index (χ4n) is 1.05. The number of guanidine groups is 1. The Morgan fingerprint density at radius 2 is 2.25 bits per heavy atom. The topological polar surface area (TPSA) is 123 Å². The second-order valence-electron chi connectivity index (χ2n) is 2.80. The van der Waals surface area contributed by atoms with Crippen LogP contribution in [-0.2, 0) is 0 Å². The van der Waals surface area contributed by atoms with Crippen LogP contribution in [0.3, 0.4) is 0 Å². The van der Waals surface area contributed by atoms with Gasteiger partial charge in [-0.25, -0.2) is 0 Å². The number of hydrogen-bond acceptors (Lipinski definition) is 4. The van der Waals surface area contributed by atoms with E-state index in [1.807, 2.05) is 5.32 Å². The van der Waals surface area contributed by atoms with Crippen molar-refractivity contribution in [2.24, 2.45) is 5.73 Å². The quantitative estimate of drug-likeness (QED) is 0.421. The van der Waals surface area contributed by atoms with E-state index >= 15 is 0 Å². The largest absolute Gasteiger partial charge is 0.507 e. The van der Waals surface area contributed by atoms with E-state index in [1.54, 1.807) is 6.07 Å². The first-order valence-electron chi connectivity index (χ1n) is 4.04. The number of nitrogens with one attached hydrogen (secondary N) is 2. The number of halogens is 1. The summed E-state index contributed by atoms with van der Waals surface area (Å²) in [6, 6.07) is 4.21. The molecule has 1 amide bonds. The Morgan fingerprint density at radius 1 is 1.62 bits per heavy atom. The van der Waals surface area contributed by atoms with Crippen molar-refractivity contribution >= 4 is 23.5 Å². The van der Waals surface area contributed by atoms with E-state index in [2.05, 4.69) is 0 Å². The van der Waals surface area contributed by atoms with Gasteiger partial charge in [0.25, 0.3) is 5.91 Å². The molecule has 82 valence electrons. The van der Waals surface area contributed by atoms with Crippen LogP contribution < -0.4 is 11.1 Å². The first-order valence-corrected chi connectivity index (χ1v) is 4.42. The predicted octanol–water partition coefficient (Wildman–Crippen LogP) is 0.541. The predicted molar refractivity (Wildman–Crippen MR) is 57.2 cm³/mol. The molecule has 0 atom stereocenters. The average molecular weight is 239 g/mol. The van der Waals surface area contributed by atoms with Gasteiger partial charge in [0.05, 0.1) is 10.6 Å². The standard InChI is InChI=1S/C9H7ClN4O2/c10-7-4(3-11)1-2-5(15)6(7)8(16)14-9(12)13/h1-2,15H,(H4,12,13,14,16). The van der Waals surface area contributed by atoms with Gasteiger partial charge in [-0.3, -0.25) is 15.5 Å². The van der Waals surface area contributed by atoms with Crippen molar-refractivity contribution in [3.8, 4) is 11.8 Å². The number of phenols is 1. The molecule has 0 fully saturated rings. The molecule has 1 rings (SSSR count). The number of amides is 1. The number of nitrogens with two attached hydrogens (primary N) is 1. The first kappa shape index (κ1) is 11.8. The van der Waals surface area contributed by atoms with Crippen LogP contribution in [0.2, 0.25) is 5.02 Å². The number of benzene rings is 1. The summed E-state index contributed by atoms with van der Waals surface area (Å²) in [6.07, 6.45) is 0. The van der Waals surface area contributed by atoms with Crippen LogP contribution in [0.15, 0.2) is 12.1 Å². The Morgan fingerprint density at radius 3 is 2.75 bits per heavy atom. The Hall–Kier alpha value is -2.26. The number of nitrogens with zero attached hydrogens (tertiary/aromatic N) is 1. The SMILES string of the molecule is N#Cc1ccc(O)c(C(=O)NC(=N)N)c1Cl. The highest BCUT2D eigenvalue weighted by atomic mass is 35.5. The smallest absolute Gasteiger partial charge is 0.263 e. The van der Waals surface area contributed by atoms with Crippen LogP contribution in [0.4, 0.5) is 0 Å². The number of hydrogen-bond donors (Lipinski definition) is 4. The number of nitriles is 1. The van der Waals surface area contributed by atoms with E-state index in [0.717, 1.165) is 0 Å². The lowest BCUT2D eigenvalue weighted by Gasteiger charge is -2.07. The molecule has 6 nitrogen and oxygen atoms in total. The molecule has 0 radical (unpaired) electrons. The van der Waals surface area contributed by atoms with Gasteiger partial charge in [0.2, 0.25) is 0 Å². The van der Waals surface area contributed by atoms with Gasteiger partial charge in [0.15, 0.2) is 5.96 Å². The fourth-order valence-corrected chi connectivity index (χ4v) is 1.34. The molecule has 0 unspecified atom stereocenters. The summed E-state index contributed by atoms with van der Waals surface area (Å²) in [6.45, 7) is 0. The fraction of sp³-hybridized carbons (Fsp3) is 0. The lowest BCUT2D eigenvalue weighted by atomic mass is 10.1. The third-order valence-electron chi connectivity index (χ3n) is 1.72. The van der Waals surface area contributed by atoms with Gasteiger partial charge in [0.1, 0.15) is 17.4 Å². The molecular formula is C9H7ClN4O2. The van der Waals surface area contributed by atoms with Crippen LogP contribution in [0.25, 0.3) is 0 Å². The Bertz CT molecular complexity index is 507. The second kappa shape index (κ2) is 4.51. The zero-order valence-corrected chi connectivity index (χ0v) is 8.67. The van der Waals surface area contributed by atoms with Gasteiger partial charge in [-0.1, -0.05) is 11.6 Å². The summed E-state index contributed by atoms with van der Waals surface area (Å²) in [5.74, 6) is -1.81. The molecule has 5 N–H and O–H groups in total. The summed E-state index contributed by atoms with van der Waals surface area (Å²) < 4.78 is 0. The van der Waals surface area contributed by atoms with Crippen molar-refractivity contribution in [2.45, 2.75) is 0 Å². The number of phenolic OH excluding ortho intramolecular Hbond substituents is 1. The van der Waals surface area contributed by atoms with Gasteiger partial charge in [-0.2, -0.15) is 5.26 Å². The van der Waals surface area contributed by atoms with Gasteiger partial charge >= 0.3 is 0 Å². The van der Waals surface area contributed by atoms with Crippen LogP contribution in [0.1, 0.15) is 15.9 Å². The van der Waals surface area contributed by atoms with Crippen molar-refractivity contribution in [3.63, 3.8) is 0 Å². The highest BCUT2D eigenvalue weighted by Crippen LogP contribution is 2.28. The average Bonchev–Trinajstić information content (AvgIpc) is 2.16. The number of aromatic hydroxyl groups is 1. The van der Waals surface area contributed by atoms with E-state index < -0.39 is 11.9 Å². The third kappa shape index (κ3) is 2.21. The lowest BCUT2D eigenvalue weighted by molar-refractivity contribution is 0.0974. The molecule has 0 spiro atoms. The second-order valence-corrected chi connectivity index (χ2v) is 3.18. The summed E-state index contributed by atoms with van der Waals surface area (Å²) >= 11 is 5.74. The van der Waals surface area contributed by atoms with Crippen LogP contribution in [0, 0.1) is 16.7 Å².